The summed E-state index contributed by atoms with van der Waals surface area (Å²) in [6.07, 6.45) is 5.24. The van der Waals surface area contributed by atoms with E-state index in [4.69, 9.17) is 4.42 Å². The van der Waals surface area contributed by atoms with Gasteiger partial charge in [-0.1, -0.05) is 30.3 Å². The fourth-order valence-electron chi connectivity index (χ4n) is 3.34. The molecule has 0 bridgehead atoms. The van der Waals surface area contributed by atoms with E-state index in [1.807, 2.05) is 18.2 Å². The fourth-order valence-corrected chi connectivity index (χ4v) is 3.34. The van der Waals surface area contributed by atoms with Gasteiger partial charge in [-0.3, -0.25) is 14.7 Å². The number of rotatable bonds is 7. The van der Waals surface area contributed by atoms with Gasteiger partial charge in [0.25, 0.3) is 11.8 Å². The van der Waals surface area contributed by atoms with E-state index in [-0.39, 0.29) is 5.70 Å². The second-order valence-electron chi connectivity index (χ2n) is 7.75. The lowest BCUT2D eigenvalue weighted by molar-refractivity contribution is -0.113. The van der Waals surface area contributed by atoms with Crippen molar-refractivity contribution < 1.29 is 14.0 Å². The van der Waals surface area contributed by atoms with Gasteiger partial charge in [0.2, 0.25) is 0 Å². The summed E-state index contributed by atoms with van der Waals surface area (Å²) in [5.41, 5.74) is 1.82. The average Bonchev–Trinajstić information content (AvgIpc) is 3.34. The smallest absolute Gasteiger partial charge is 0.272 e. The summed E-state index contributed by atoms with van der Waals surface area (Å²) >= 11 is 0. The highest BCUT2D eigenvalue weighted by Crippen LogP contribution is 2.38. The minimum Gasteiger partial charge on any atom is -0.465 e. The molecule has 0 unspecified atom stereocenters. The first-order valence-electron chi connectivity index (χ1n) is 10.6. The summed E-state index contributed by atoms with van der Waals surface area (Å²) in [6, 6.07) is 19.3. The Morgan fingerprint density at radius 1 is 1.03 bits per heavy atom. The van der Waals surface area contributed by atoms with Crippen LogP contribution < -0.4 is 10.6 Å². The van der Waals surface area contributed by atoms with Gasteiger partial charge in [0.05, 0.1) is 6.26 Å². The Morgan fingerprint density at radius 3 is 2.64 bits per heavy atom. The minimum atomic E-state index is -0.485. The summed E-state index contributed by atoms with van der Waals surface area (Å²) in [6.45, 7) is 0. The Kier molecular flexibility index (Phi) is 5.55. The van der Waals surface area contributed by atoms with Crippen LogP contribution in [-0.4, -0.2) is 27.0 Å². The molecule has 1 aliphatic carbocycles. The Labute approximate surface area is 189 Å². The van der Waals surface area contributed by atoms with Crippen molar-refractivity contribution in [3.8, 4) is 11.4 Å². The number of hydrogen-bond donors (Lipinski definition) is 3. The molecule has 1 fully saturated rings. The van der Waals surface area contributed by atoms with E-state index in [9.17, 15) is 9.59 Å². The van der Waals surface area contributed by atoms with Crippen LogP contribution >= 0.6 is 0 Å². The van der Waals surface area contributed by atoms with Gasteiger partial charge in [-0.05, 0) is 49.2 Å². The molecule has 0 spiro atoms. The number of carbonyl (C=O) groups is 2. The predicted octanol–water partition coefficient (Wildman–Crippen LogP) is 4.35. The molecule has 2 aromatic heterocycles. The van der Waals surface area contributed by atoms with Gasteiger partial charge in [-0.2, -0.15) is 5.10 Å². The summed E-state index contributed by atoms with van der Waals surface area (Å²) in [5.74, 6) is 1.50. The number of H-pyrrole nitrogens is 1. The van der Waals surface area contributed by atoms with Crippen molar-refractivity contribution >= 4 is 23.6 Å². The molecule has 2 heterocycles. The third-order valence-electron chi connectivity index (χ3n) is 5.20. The summed E-state index contributed by atoms with van der Waals surface area (Å²) in [7, 11) is 0. The number of aromatic amines is 1. The lowest BCUT2D eigenvalue weighted by atomic mass is 10.2. The number of hydrogen-bond acceptors (Lipinski definition) is 5. The minimum absolute atomic E-state index is 0.0538. The number of anilines is 1. The molecule has 3 N–H and O–H groups in total. The largest absolute Gasteiger partial charge is 0.465 e. The zero-order valence-corrected chi connectivity index (χ0v) is 17.6. The van der Waals surface area contributed by atoms with Crippen LogP contribution in [0.1, 0.15) is 40.7 Å². The van der Waals surface area contributed by atoms with E-state index < -0.39 is 11.8 Å². The Bertz CT molecular complexity index is 1300. The van der Waals surface area contributed by atoms with Crippen molar-refractivity contribution in [1.82, 2.24) is 20.5 Å². The Morgan fingerprint density at radius 2 is 1.88 bits per heavy atom. The average molecular weight is 439 g/mol. The zero-order valence-electron chi connectivity index (χ0n) is 17.6. The van der Waals surface area contributed by atoms with Crippen molar-refractivity contribution in [2.45, 2.75) is 18.8 Å². The van der Waals surface area contributed by atoms with Crippen LogP contribution in [-0.2, 0) is 4.79 Å². The lowest BCUT2D eigenvalue weighted by Gasteiger charge is -2.11. The molecule has 1 saturated carbocycles. The second-order valence-corrected chi connectivity index (χ2v) is 7.75. The van der Waals surface area contributed by atoms with Crippen molar-refractivity contribution in [3.05, 3.63) is 95.8 Å². The standard InChI is InChI=1S/C25H21N5O3/c31-24(17-6-2-1-3-7-17)27-21(15-20-10-5-13-33-20)25(32)26-19-9-4-8-18(14-19)23-28-22(29-30-23)16-11-12-16/h1-10,13-16H,11-12H2,(H,26,32)(H,27,31)(H,28,29,30). The van der Waals surface area contributed by atoms with Crippen molar-refractivity contribution in [2.75, 3.05) is 5.32 Å². The van der Waals surface area contributed by atoms with Gasteiger partial charge in [-0.15, -0.1) is 0 Å². The number of aromatic nitrogens is 3. The maximum absolute atomic E-state index is 13.1. The lowest BCUT2D eigenvalue weighted by Crippen LogP contribution is -2.30. The van der Waals surface area contributed by atoms with Crippen LogP contribution in [0.4, 0.5) is 5.69 Å². The van der Waals surface area contributed by atoms with Crippen LogP contribution in [0.3, 0.4) is 0 Å². The SMILES string of the molecule is O=C(Nc1cccc(-c2n[nH]c(C3CC3)n2)c1)C(=Cc1ccco1)NC(=O)c1ccccc1. The summed E-state index contributed by atoms with van der Waals surface area (Å²) in [4.78, 5) is 30.3. The molecule has 164 valence electrons. The van der Waals surface area contributed by atoms with Crippen LogP contribution in [0.2, 0.25) is 0 Å². The molecule has 2 amide bonds. The predicted molar refractivity (Wildman–Crippen MR) is 123 cm³/mol. The molecule has 0 radical (unpaired) electrons. The van der Waals surface area contributed by atoms with Crippen molar-refractivity contribution in [1.29, 1.82) is 0 Å². The third kappa shape index (κ3) is 4.90. The number of furan rings is 1. The molecule has 1 aliphatic rings. The van der Waals surface area contributed by atoms with E-state index in [0.29, 0.717) is 28.8 Å². The van der Waals surface area contributed by atoms with Crippen LogP contribution in [0.5, 0.6) is 0 Å². The normalized spacial score (nSPS) is 13.5. The first kappa shape index (κ1) is 20.4. The monoisotopic (exact) mass is 439 g/mol. The second kappa shape index (κ2) is 8.96. The number of carbonyl (C=O) groups excluding carboxylic acids is 2. The van der Waals surface area contributed by atoms with Gasteiger partial charge in [0.1, 0.15) is 17.3 Å². The summed E-state index contributed by atoms with van der Waals surface area (Å²) in [5, 5.41) is 12.8. The zero-order chi connectivity index (χ0) is 22.6. The quantitative estimate of drug-likeness (QED) is 0.371. The van der Waals surface area contributed by atoms with Gasteiger partial charge in [0, 0.05) is 28.8 Å². The van der Waals surface area contributed by atoms with Crippen LogP contribution in [0.15, 0.2) is 83.1 Å². The third-order valence-corrected chi connectivity index (χ3v) is 5.20. The number of nitrogens with one attached hydrogen (secondary N) is 3. The highest BCUT2D eigenvalue weighted by molar-refractivity contribution is 6.10. The number of amides is 2. The Hall–Kier alpha value is -4.46. The van der Waals surface area contributed by atoms with Gasteiger partial charge < -0.3 is 15.1 Å². The van der Waals surface area contributed by atoms with E-state index in [2.05, 4.69) is 25.8 Å². The van der Waals surface area contributed by atoms with Crippen molar-refractivity contribution in [2.24, 2.45) is 0 Å². The van der Waals surface area contributed by atoms with Gasteiger partial charge >= 0.3 is 0 Å². The molecular weight excluding hydrogens is 418 g/mol. The maximum Gasteiger partial charge on any atom is 0.272 e. The van der Waals surface area contributed by atoms with E-state index >= 15 is 0 Å². The first-order valence-corrected chi connectivity index (χ1v) is 10.6. The number of benzene rings is 2. The molecule has 33 heavy (non-hydrogen) atoms. The molecule has 8 heteroatoms. The molecule has 4 aromatic rings. The van der Waals surface area contributed by atoms with Gasteiger partial charge in [-0.25, -0.2) is 4.98 Å². The highest BCUT2D eigenvalue weighted by atomic mass is 16.3. The topological polar surface area (TPSA) is 113 Å². The van der Waals surface area contributed by atoms with E-state index in [1.54, 1.807) is 48.5 Å². The van der Waals surface area contributed by atoms with Crippen LogP contribution in [0, 0.1) is 0 Å². The molecule has 0 atom stereocenters. The molecule has 8 nitrogen and oxygen atoms in total. The molecular formula is C25H21N5O3. The van der Waals surface area contributed by atoms with Crippen molar-refractivity contribution in [3.63, 3.8) is 0 Å². The Balaban J connectivity index is 1.36. The molecule has 0 saturated heterocycles. The maximum atomic E-state index is 13.1. The van der Waals surface area contributed by atoms with E-state index in [0.717, 1.165) is 24.2 Å². The number of nitrogens with zero attached hydrogens (tertiary/aromatic N) is 2. The molecule has 2 aromatic carbocycles. The van der Waals surface area contributed by atoms with E-state index in [1.165, 1.54) is 12.3 Å². The molecule has 0 aliphatic heterocycles. The highest BCUT2D eigenvalue weighted by Gasteiger charge is 2.27. The molecule has 5 rings (SSSR count). The fraction of sp³-hybridized carbons (Fsp3) is 0.120. The van der Waals surface area contributed by atoms with Crippen LogP contribution in [0.25, 0.3) is 17.5 Å². The van der Waals surface area contributed by atoms with Gasteiger partial charge in [0.15, 0.2) is 5.82 Å². The summed E-state index contributed by atoms with van der Waals surface area (Å²) < 4.78 is 5.33. The first-order chi connectivity index (χ1) is 16.2.